The highest BCUT2D eigenvalue weighted by Crippen LogP contribution is 2.38. The summed E-state index contributed by atoms with van der Waals surface area (Å²) in [6.07, 6.45) is 5.69. The molecule has 2 N–H and O–H groups in total. The fourth-order valence-electron chi connectivity index (χ4n) is 5.13. The van der Waals surface area contributed by atoms with Crippen LogP contribution in [0.5, 0.6) is 0 Å². The summed E-state index contributed by atoms with van der Waals surface area (Å²) in [5, 5.41) is 14.5. The molecule has 0 aromatic carbocycles. The lowest BCUT2D eigenvalue weighted by atomic mass is 10.2. The molecule has 3 aromatic rings. The number of aromatic nitrogens is 3. The number of carboxylic acids is 1. The summed E-state index contributed by atoms with van der Waals surface area (Å²) in [6, 6.07) is 2.76. The summed E-state index contributed by atoms with van der Waals surface area (Å²) < 4.78 is 1.02. The fraction of sp³-hybridized carbons (Fsp3) is 0.500. The summed E-state index contributed by atoms with van der Waals surface area (Å²) in [6.45, 7) is 9.01. The molecule has 2 aliphatic rings. The van der Waals surface area contributed by atoms with Crippen LogP contribution >= 0.6 is 38.6 Å². The van der Waals surface area contributed by atoms with Crippen LogP contribution in [0.4, 0.5) is 10.9 Å². The summed E-state index contributed by atoms with van der Waals surface area (Å²) in [7, 11) is 0. The number of carbonyl (C=O) groups excluding carboxylic acids is 1. The van der Waals surface area contributed by atoms with Gasteiger partial charge in [-0.1, -0.05) is 11.3 Å². The van der Waals surface area contributed by atoms with Crippen molar-refractivity contribution in [3.8, 4) is 10.6 Å². The van der Waals surface area contributed by atoms with Gasteiger partial charge in [-0.3, -0.25) is 24.7 Å². The number of thiophene rings is 1. The molecule has 2 fully saturated rings. The van der Waals surface area contributed by atoms with Gasteiger partial charge >= 0.3 is 5.97 Å². The van der Waals surface area contributed by atoms with E-state index in [0.717, 1.165) is 52.6 Å². The summed E-state index contributed by atoms with van der Waals surface area (Å²) in [5.74, 6) is -0.413. The Morgan fingerprint density at radius 2 is 2.03 bits per heavy atom. The molecule has 10 nitrogen and oxygen atoms in total. The zero-order valence-corrected chi connectivity index (χ0v) is 25.2. The Balaban J connectivity index is 1.25. The maximum atomic E-state index is 13.1. The molecule has 0 spiro atoms. The van der Waals surface area contributed by atoms with Crippen LogP contribution in [0.15, 0.2) is 28.3 Å². The number of anilines is 2. The lowest BCUT2D eigenvalue weighted by Crippen LogP contribution is -2.52. The van der Waals surface area contributed by atoms with Gasteiger partial charge in [0.1, 0.15) is 11.5 Å². The van der Waals surface area contributed by atoms with Crippen molar-refractivity contribution < 1.29 is 14.7 Å². The maximum Gasteiger partial charge on any atom is 0.304 e. The van der Waals surface area contributed by atoms with Crippen LogP contribution < -0.4 is 10.2 Å². The Hall–Kier alpha value is -2.45. The minimum atomic E-state index is -0.782. The Labute approximate surface area is 244 Å². The zero-order valence-electron chi connectivity index (χ0n) is 22.0. The second-order valence-electron chi connectivity index (χ2n) is 10.1. The summed E-state index contributed by atoms with van der Waals surface area (Å²) >= 11 is 6.70. The van der Waals surface area contributed by atoms with Crippen molar-refractivity contribution >= 4 is 61.4 Å². The third-order valence-electron chi connectivity index (χ3n) is 7.27. The highest BCUT2D eigenvalue weighted by molar-refractivity contribution is 9.10. The van der Waals surface area contributed by atoms with E-state index in [-0.39, 0.29) is 24.1 Å². The third kappa shape index (κ3) is 6.83. The Bertz CT molecular complexity index is 1320. The SMILES string of the molecule is C[C@@H]1CCCN1Cc1sc(NC(=O)c2cnc(N3CCN(CCC(=O)O)C[C@@H]3C)cn2)nc1-c1cc(Br)cs1. The van der Waals surface area contributed by atoms with Crippen LogP contribution in [0.3, 0.4) is 0 Å². The summed E-state index contributed by atoms with van der Waals surface area (Å²) in [4.78, 5) is 46.7. The van der Waals surface area contributed by atoms with Crippen molar-refractivity contribution in [2.75, 3.05) is 42.9 Å². The minimum Gasteiger partial charge on any atom is -0.481 e. The Kier molecular flexibility index (Phi) is 8.92. The predicted octanol–water partition coefficient (Wildman–Crippen LogP) is 4.65. The molecule has 0 unspecified atom stereocenters. The molecule has 2 aliphatic heterocycles. The van der Waals surface area contributed by atoms with Gasteiger partial charge in [-0.2, -0.15) is 0 Å². The first kappa shape index (κ1) is 28.1. The molecule has 0 saturated carbocycles. The van der Waals surface area contributed by atoms with Gasteiger partial charge in [0.2, 0.25) is 0 Å². The van der Waals surface area contributed by atoms with Gasteiger partial charge in [0.05, 0.1) is 29.4 Å². The monoisotopic (exact) mass is 633 g/mol. The van der Waals surface area contributed by atoms with E-state index in [4.69, 9.17) is 10.1 Å². The normalized spacial score (nSPS) is 20.4. The molecule has 2 saturated heterocycles. The van der Waals surface area contributed by atoms with E-state index in [9.17, 15) is 9.59 Å². The number of thiazole rings is 1. The van der Waals surface area contributed by atoms with E-state index in [1.165, 1.54) is 30.4 Å². The Morgan fingerprint density at radius 3 is 2.67 bits per heavy atom. The van der Waals surface area contributed by atoms with Crippen molar-refractivity contribution in [1.29, 1.82) is 0 Å². The largest absolute Gasteiger partial charge is 0.481 e. The number of amides is 1. The molecule has 2 atom stereocenters. The number of halogens is 1. The lowest BCUT2D eigenvalue weighted by molar-refractivity contribution is -0.137. The zero-order chi connectivity index (χ0) is 27.5. The number of carbonyl (C=O) groups is 2. The fourth-order valence-corrected chi connectivity index (χ4v) is 7.64. The van der Waals surface area contributed by atoms with E-state index in [1.54, 1.807) is 17.5 Å². The van der Waals surface area contributed by atoms with E-state index < -0.39 is 5.97 Å². The molecule has 39 heavy (non-hydrogen) atoms. The molecule has 208 valence electrons. The van der Waals surface area contributed by atoms with Gasteiger partial charge in [-0.15, -0.1) is 11.3 Å². The highest BCUT2D eigenvalue weighted by Gasteiger charge is 2.27. The number of aliphatic carboxylic acids is 1. The van der Waals surface area contributed by atoms with Gasteiger partial charge in [-0.25, -0.2) is 15.0 Å². The molecule has 0 bridgehead atoms. The number of nitrogens with one attached hydrogen (secondary N) is 1. The third-order valence-corrected chi connectivity index (χ3v) is 9.93. The van der Waals surface area contributed by atoms with Crippen molar-refractivity contribution in [1.82, 2.24) is 24.8 Å². The van der Waals surface area contributed by atoms with Crippen LogP contribution in [0.2, 0.25) is 0 Å². The smallest absolute Gasteiger partial charge is 0.304 e. The first-order chi connectivity index (χ1) is 18.8. The molecule has 13 heteroatoms. The van der Waals surface area contributed by atoms with Gasteiger partial charge in [0.15, 0.2) is 5.13 Å². The average molecular weight is 635 g/mol. The molecule has 5 heterocycles. The topological polar surface area (TPSA) is 115 Å². The van der Waals surface area contributed by atoms with Crippen LogP contribution in [0.1, 0.15) is 48.5 Å². The number of nitrogens with zero attached hydrogens (tertiary/aromatic N) is 6. The van der Waals surface area contributed by atoms with E-state index in [2.05, 4.69) is 65.8 Å². The second-order valence-corrected chi connectivity index (χ2v) is 13.0. The molecule has 1 amide bonds. The molecule has 0 aliphatic carbocycles. The van der Waals surface area contributed by atoms with Crippen molar-refractivity contribution in [3.63, 3.8) is 0 Å². The van der Waals surface area contributed by atoms with Gasteiger partial charge in [0.25, 0.3) is 5.91 Å². The highest BCUT2D eigenvalue weighted by atomic mass is 79.9. The molecular weight excluding hydrogens is 602 g/mol. The van der Waals surface area contributed by atoms with Crippen molar-refractivity contribution in [2.24, 2.45) is 0 Å². The molecule has 3 aromatic heterocycles. The number of carboxylic acid groups (broad SMARTS) is 1. The van der Waals surface area contributed by atoms with E-state index in [0.29, 0.717) is 23.5 Å². The van der Waals surface area contributed by atoms with E-state index >= 15 is 0 Å². The van der Waals surface area contributed by atoms with E-state index in [1.807, 2.05) is 5.38 Å². The van der Waals surface area contributed by atoms with Gasteiger partial charge in [0, 0.05) is 59.5 Å². The minimum absolute atomic E-state index is 0.140. The van der Waals surface area contributed by atoms with Crippen molar-refractivity contribution in [2.45, 2.75) is 51.7 Å². The predicted molar refractivity (Wildman–Crippen MR) is 158 cm³/mol. The lowest BCUT2D eigenvalue weighted by Gasteiger charge is -2.40. The number of hydrogen-bond acceptors (Lipinski definition) is 10. The summed E-state index contributed by atoms with van der Waals surface area (Å²) in [5.41, 5.74) is 1.15. The first-order valence-electron chi connectivity index (χ1n) is 13.1. The molecular formula is C26H32BrN7O3S2. The number of piperazine rings is 1. The van der Waals surface area contributed by atoms with Crippen LogP contribution in [-0.4, -0.2) is 86.5 Å². The van der Waals surface area contributed by atoms with Crippen LogP contribution in [0, 0.1) is 0 Å². The Morgan fingerprint density at radius 1 is 1.18 bits per heavy atom. The molecule has 5 rings (SSSR count). The molecule has 0 radical (unpaired) electrons. The van der Waals surface area contributed by atoms with Crippen LogP contribution in [0.25, 0.3) is 10.6 Å². The number of hydrogen-bond donors (Lipinski definition) is 2. The van der Waals surface area contributed by atoms with Crippen LogP contribution in [-0.2, 0) is 11.3 Å². The standard InChI is InChI=1S/C26H32BrN7O3S2/c1-16-4-3-6-33(16)14-21-24(20-10-18(27)15-38-20)30-26(39-21)31-25(37)19-11-29-22(12-28-19)34-9-8-32(13-17(34)2)7-5-23(35)36/h10-12,15-17H,3-9,13-14H2,1-2H3,(H,35,36)(H,30,31,37)/t16-,17+/m1/s1. The number of rotatable bonds is 9. The number of likely N-dealkylation sites (tertiary alicyclic amines) is 1. The maximum absolute atomic E-state index is 13.1. The first-order valence-corrected chi connectivity index (χ1v) is 15.6. The second kappa shape index (κ2) is 12.4. The average Bonchev–Trinajstić information content (AvgIpc) is 3.63. The van der Waals surface area contributed by atoms with Gasteiger partial charge in [-0.05, 0) is 55.2 Å². The van der Waals surface area contributed by atoms with Crippen molar-refractivity contribution in [3.05, 3.63) is 38.9 Å². The quantitative estimate of drug-likeness (QED) is 0.347. The van der Waals surface area contributed by atoms with Gasteiger partial charge < -0.3 is 10.0 Å².